The number of hydrogen-bond acceptors (Lipinski definition) is 2. The van der Waals surface area contributed by atoms with Gasteiger partial charge in [0.25, 0.3) is 5.91 Å². The number of amides is 1. The van der Waals surface area contributed by atoms with Gasteiger partial charge in [0, 0.05) is 6.54 Å². The summed E-state index contributed by atoms with van der Waals surface area (Å²) in [6.07, 6.45) is 1.33. The second kappa shape index (κ2) is 4.69. The van der Waals surface area contributed by atoms with Crippen molar-refractivity contribution < 1.29 is 23.1 Å². The zero-order valence-corrected chi connectivity index (χ0v) is 8.06. The quantitative estimate of drug-likeness (QED) is 0.614. The Morgan fingerprint density at radius 3 is 2.62 bits per heavy atom. The SMILES string of the molecule is C=CCNC(=O)c1cc(F)c(F)c(O)c1F. The number of aromatic hydroxyl groups is 1. The standard InChI is InChI=1S/C10H8F3NO2/c1-2-3-14-10(16)5-4-6(11)8(13)9(15)7(5)12/h2,4,15H,1,3H2,(H,14,16). The van der Waals surface area contributed by atoms with Gasteiger partial charge >= 0.3 is 0 Å². The van der Waals surface area contributed by atoms with Crippen molar-refractivity contribution >= 4 is 5.91 Å². The first-order chi connectivity index (χ1) is 7.49. The summed E-state index contributed by atoms with van der Waals surface area (Å²) < 4.78 is 38.7. The molecule has 1 amide bonds. The van der Waals surface area contributed by atoms with E-state index in [-0.39, 0.29) is 6.54 Å². The molecule has 0 radical (unpaired) electrons. The molecule has 1 aromatic carbocycles. The van der Waals surface area contributed by atoms with Gasteiger partial charge in [-0.15, -0.1) is 6.58 Å². The van der Waals surface area contributed by atoms with E-state index in [1.165, 1.54) is 6.08 Å². The summed E-state index contributed by atoms with van der Waals surface area (Å²) in [6, 6.07) is 0.378. The average molecular weight is 231 g/mol. The normalized spacial score (nSPS) is 9.94. The molecule has 2 N–H and O–H groups in total. The predicted molar refractivity (Wildman–Crippen MR) is 50.5 cm³/mol. The van der Waals surface area contributed by atoms with Gasteiger partial charge < -0.3 is 10.4 Å². The summed E-state index contributed by atoms with van der Waals surface area (Å²) >= 11 is 0. The molecule has 0 saturated carbocycles. The molecule has 0 aromatic heterocycles. The summed E-state index contributed by atoms with van der Waals surface area (Å²) in [5, 5.41) is 11.0. The highest BCUT2D eigenvalue weighted by Gasteiger charge is 2.21. The van der Waals surface area contributed by atoms with Crippen LogP contribution in [-0.4, -0.2) is 17.6 Å². The van der Waals surface area contributed by atoms with Crippen molar-refractivity contribution in [2.75, 3.05) is 6.54 Å². The third-order valence-electron chi connectivity index (χ3n) is 1.78. The summed E-state index contributed by atoms with van der Waals surface area (Å²) in [5.74, 6) is -7.20. The van der Waals surface area contributed by atoms with Crippen molar-refractivity contribution in [1.82, 2.24) is 5.32 Å². The molecule has 16 heavy (non-hydrogen) atoms. The maximum Gasteiger partial charge on any atom is 0.254 e. The van der Waals surface area contributed by atoms with E-state index in [1.54, 1.807) is 0 Å². The van der Waals surface area contributed by atoms with Gasteiger partial charge in [0.15, 0.2) is 17.4 Å². The number of carbonyl (C=O) groups excluding carboxylic acids is 1. The number of halogens is 3. The van der Waals surface area contributed by atoms with Crippen molar-refractivity contribution in [3.63, 3.8) is 0 Å². The van der Waals surface area contributed by atoms with Crippen molar-refractivity contribution in [3.8, 4) is 5.75 Å². The number of benzene rings is 1. The average Bonchev–Trinajstić information content (AvgIpc) is 2.28. The zero-order chi connectivity index (χ0) is 12.3. The van der Waals surface area contributed by atoms with Crippen LogP contribution < -0.4 is 5.32 Å². The Morgan fingerprint density at radius 2 is 2.06 bits per heavy atom. The molecule has 1 rings (SSSR count). The smallest absolute Gasteiger partial charge is 0.254 e. The highest BCUT2D eigenvalue weighted by Crippen LogP contribution is 2.25. The van der Waals surface area contributed by atoms with Crippen LogP contribution in [0.3, 0.4) is 0 Å². The van der Waals surface area contributed by atoms with Crippen LogP contribution in [0.25, 0.3) is 0 Å². The van der Waals surface area contributed by atoms with E-state index in [0.717, 1.165) is 0 Å². The number of rotatable bonds is 3. The van der Waals surface area contributed by atoms with Crippen LogP contribution in [0.4, 0.5) is 13.2 Å². The number of nitrogens with one attached hydrogen (secondary N) is 1. The predicted octanol–water partition coefficient (Wildman–Crippen LogP) is 1.73. The van der Waals surface area contributed by atoms with E-state index < -0.39 is 34.7 Å². The number of phenolic OH excluding ortho intramolecular Hbond substituents is 1. The lowest BCUT2D eigenvalue weighted by Crippen LogP contribution is -2.24. The molecule has 0 saturated heterocycles. The first-order valence-electron chi connectivity index (χ1n) is 4.24. The van der Waals surface area contributed by atoms with Crippen LogP contribution in [0.1, 0.15) is 10.4 Å². The third-order valence-corrected chi connectivity index (χ3v) is 1.78. The highest BCUT2D eigenvalue weighted by atomic mass is 19.2. The van der Waals surface area contributed by atoms with E-state index in [0.29, 0.717) is 6.07 Å². The largest absolute Gasteiger partial charge is 0.503 e. The molecule has 0 unspecified atom stereocenters. The molecule has 6 heteroatoms. The van der Waals surface area contributed by atoms with E-state index in [1.807, 2.05) is 0 Å². The lowest BCUT2D eigenvalue weighted by Gasteiger charge is -2.06. The maximum absolute atomic E-state index is 13.2. The Morgan fingerprint density at radius 1 is 1.44 bits per heavy atom. The Kier molecular flexibility index (Phi) is 3.55. The van der Waals surface area contributed by atoms with Gasteiger partial charge in [-0.25, -0.2) is 8.78 Å². The summed E-state index contributed by atoms with van der Waals surface area (Å²) in [5.41, 5.74) is -0.766. The Labute approximate surface area is 89.2 Å². The number of hydrogen-bond donors (Lipinski definition) is 2. The van der Waals surface area contributed by atoms with Gasteiger partial charge in [-0.1, -0.05) is 6.08 Å². The van der Waals surface area contributed by atoms with Crippen LogP contribution >= 0.6 is 0 Å². The van der Waals surface area contributed by atoms with Crippen molar-refractivity contribution in [2.45, 2.75) is 0 Å². The molecule has 0 atom stereocenters. The van der Waals surface area contributed by atoms with Crippen molar-refractivity contribution in [3.05, 3.63) is 41.7 Å². The minimum atomic E-state index is -1.72. The molecule has 1 aromatic rings. The second-order valence-electron chi connectivity index (χ2n) is 2.88. The number of carbonyl (C=O) groups is 1. The lowest BCUT2D eigenvalue weighted by atomic mass is 10.1. The highest BCUT2D eigenvalue weighted by molar-refractivity contribution is 5.95. The molecule has 0 bridgehead atoms. The Hall–Kier alpha value is -1.98. The van der Waals surface area contributed by atoms with Gasteiger partial charge in [0.1, 0.15) is 0 Å². The molecular weight excluding hydrogens is 223 g/mol. The third kappa shape index (κ3) is 2.16. The van der Waals surface area contributed by atoms with Gasteiger partial charge in [-0.05, 0) is 6.07 Å². The minimum absolute atomic E-state index is 0.0397. The fraction of sp³-hybridized carbons (Fsp3) is 0.100. The molecule has 86 valence electrons. The molecule has 0 fully saturated rings. The zero-order valence-electron chi connectivity index (χ0n) is 8.06. The molecule has 0 aliphatic carbocycles. The van der Waals surface area contributed by atoms with Gasteiger partial charge in [-0.2, -0.15) is 4.39 Å². The van der Waals surface area contributed by atoms with Crippen LogP contribution in [0.15, 0.2) is 18.7 Å². The molecule has 0 spiro atoms. The van der Waals surface area contributed by atoms with Crippen LogP contribution in [0.5, 0.6) is 5.75 Å². The molecule has 0 aliphatic heterocycles. The van der Waals surface area contributed by atoms with Crippen LogP contribution in [0, 0.1) is 17.5 Å². The van der Waals surface area contributed by atoms with E-state index in [2.05, 4.69) is 11.9 Å². The van der Waals surface area contributed by atoms with Crippen LogP contribution in [0.2, 0.25) is 0 Å². The van der Waals surface area contributed by atoms with Crippen molar-refractivity contribution in [1.29, 1.82) is 0 Å². The minimum Gasteiger partial charge on any atom is -0.503 e. The Bertz CT molecular complexity index is 446. The monoisotopic (exact) mass is 231 g/mol. The van der Waals surface area contributed by atoms with Gasteiger partial charge in [-0.3, -0.25) is 4.79 Å². The second-order valence-corrected chi connectivity index (χ2v) is 2.88. The molecule has 0 heterocycles. The van der Waals surface area contributed by atoms with Crippen molar-refractivity contribution in [2.24, 2.45) is 0 Å². The van der Waals surface area contributed by atoms with Gasteiger partial charge in [0.05, 0.1) is 5.56 Å². The summed E-state index contributed by atoms with van der Waals surface area (Å²) in [7, 11) is 0. The van der Waals surface area contributed by atoms with Crippen LogP contribution in [-0.2, 0) is 0 Å². The van der Waals surface area contributed by atoms with Gasteiger partial charge in [0.2, 0.25) is 5.82 Å². The first kappa shape index (κ1) is 12.1. The summed E-state index contributed by atoms with van der Waals surface area (Å²) in [4.78, 5) is 11.2. The maximum atomic E-state index is 13.2. The lowest BCUT2D eigenvalue weighted by molar-refractivity contribution is 0.0952. The van der Waals surface area contributed by atoms with E-state index in [4.69, 9.17) is 5.11 Å². The molecule has 0 aliphatic rings. The van der Waals surface area contributed by atoms with E-state index in [9.17, 15) is 18.0 Å². The molecule has 3 nitrogen and oxygen atoms in total. The molecular formula is C10H8F3NO2. The fourth-order valence-corrected chi connectivity index (χ4v) is 1.02. The summed E-state index contributed by atoms with van der Waals surface area (Å²) in [6.45, 7) is 3.35. The fourth-order valence-electron chi connectivity index (χ4n) is 1.02. The Balaban J connectivity index is 3.14. The topological polar surface area (TPSA) is 49.3 Å². The number of phenols is 1. The first-order valence-corrected chi connectivity index (χ1v) is 4.24. The van der Waals surface area contributed by atoms with E-state index >= 15 is 0 Å².